The molecule has 6 nitrogen and oxygen atoms in total. The third-order valence-corrected chi connectivity index (χ3v) is 7.59. The first kappa shape index (κ1) is 23.2. The SMILES string of the molecule is Cc1c(NC(=O)C2CC(=O)N(c3cc(F)cc(F)c3)C2)cccc1C(=O)N1CCc2sccc2C1. The van der Waals surface area contributed by atoms with Crippen LogP contribution >= 0.6 is 11.3 Å². The Kier molecular flexibility index (Phi) is 6.10. The van der Waals surface area contributed by atoms with Gasteiger partial charge in [0.25, 0.3) is 5.91 Å². The van der Waals surface area contributed by atoms with Crippen LogP contribution in [0.3, 0.4) is 0 Å². The number of benzene rings is 2. The van der Waals surface area contributed by atoms with Gasteiger partial charge in [-0.1, -0.05) is 6.07 Å². The van der Waals surface area contributed by atoms with Gasteiger partial charge in [-0.25, -0.2) is 8.78 Å². The normalized spacial score (nSPS) is 17.5. The number of fused-ring (bicyclic) bond motifs is 1. The first-order chi connectivity index (χ1) is 16.8. The van der Waals surface area contributed by atoms with Gasteiger partial charge in [0.1, 0.15) is 11.6 Å². The van der Waals surface area contributed by atoms with Crippen molar-refractivity contribution < 1.29 is 23.2 Å². The van der Waals surface area contributed by atoms with E-state index in [-0.39, 0.29) is 36.4 Å². The Morgan fingerprint density at radius 3 is 2.66 bits per heavy atom. The van der Waals surface area contributed by atoms with Crippen LogP contribution in [0.2, 0.25) is 0 Å². The molecular formula is C26H23F2N3O3S. The predicted molar refractivity (Wildman–Crippen MR) is 129 cm³/mol. The number of rotatable bonds is 4. The minimum atomic E-state index is -0.790. The number of amides is 3. The fraction of sp³-hybridized carbons (Fsp3) is 0.269. The fourth-order valence-electron chi connectivity index (χ4n) is 4.66. The average Bonchev–Trinajstić information content (AvgIpc) is 3.45. The van der Waals surface area contributed by atoms with E-state index in [4.69, 9.17) is 0 Å². The van der Waals surface area contributed by atoms with Crippen LogP contribution in [0, 0.1) is 24.5 Å². The zero-order chi connectivity index (χ0) is 24.7. The van der Waals surface area contributed by atoms with E-state index in [0.717, 1.165) is 24.6 Å². The summed E-state index contributed by atoms with van der Waals surface area (Å²) in [7, 11) is 0. The zero-order valence-corrected chi connectivity index (χ0v) is 19.8. The van der Waals surface area contributed by atoms with Gasteiger partial charge in [0.2, 0.25) is 11.8 Å². The summed E-state index contributed by atoms with van der Waals surface area (Å²) in [6, 6.07) is 10.1. The minimum absolute atomic E-state index is 0.0159. The van der Waals surface area contributed by atoms with Gasteiger partial charge in [0.15, 0.2) is 0 Å². The summed E-state index contributed by atoms with van der Waals surface area (Å²) in [6.07, 6.45) is 0.758. The van der Waals surface area contributed by atoms with Crippen molar-refractivity contribution in [3.8, 4) is 0 Å². The summed E-state index contributed by atoms with van der Waals surface area (Å²) < 4.78 is 27.2. The van der Waals surface area contributed by atoms with Crippen LogP contribution in [-0.2, 0) is 22.6 Å². The van der Waals surface area contributed by atoms with Crippen molar-refractivity contribution in [2.45, 2.75) is 26.3 Å². The number of halogens is 2. The molecule has 1 saturated heterocycles. The van der Waals surface area contributed by atoms with Crippen LogP contribution in [0.5, 0.6) is 0 Å². The molecule has 2 aromatic carbocycles. The standard InChI is InChI=1S/C26H23F2N3O3S/c1-15-21(26(34)30-7-5-23-16(13-30)6-8-35-23)3-2-4-22(15)29-25(33)17-9-24(32)31(14-17)20-11-18(27)10-19(28)12-20/h2-4,6,8,10-12,17H,5,7,9,13-14H2,1H3,(H,29,33). The Balaban J connectivity index is 1.29. The van der Waals surface area contributed by atoms with E-state index < -0.39 is 17.6 Å². The molecule has 2 aliphatic heterocycles. The van der Waals surface area contributed by atoms with Crippen LogP contribution in [0.4, 0.5) is 20.2 Å². The molecular weight excluding hydrogens is 472 g/mol. The molecule has 3 amide bonds. The van der Waals surface area contributed by atoms with E-state index in [1.807, 2.05) is 16.3 Å². The Morgan fingerprint density at radius 2 is 1.89 bits per heavy atom. The van der Waals surface area contributed by atoms with Crippen LogP contribution in [-0.4, -0.2) is 35.7 Å². The number of anilines is 2. The second-order valence-corrected chi connectivity index (χ2v) is 9.85. The molecule has 1 unspecified atom stereocenters. The summed E-state index contributed by atoms with van der Waals surface area (Å²) >= 11 is 1.71. The summed E-state index contributed by atoms with van der Waals surface area (Å²) in [4.78, 5) is 43.0. The van der Waals surface area contributed by atoms with E-state index in [0.29, 0.717) is 29.9 Å². The molecule has 9 heteroatoms. The molecule has 1 N–H and O–H groups in total. The maximum atomic E-state index is 13.6. The molecule has 180 valence electrons. The van der Waals surface area contributed by atoms with E-state index in [2.05, 4.69) is 5.32 Å². The third-order valence-electron chi connectivity index (χ3n) is 6.57. The quantitative estimate of drug-likeness (QED) is 0.579. The smallest absolute Gasteiger partial charge is 0.254 e. The number of hydrogen-bond acceptors (Lipinski definition) is 4. The highest BCUT2D eigenvalue weighted by atomic mass is 32.1. The lowest BCUT2D eigenvalue weighted by Gasteiger charge is -2.28. The van der Waals surface area contributed by atoms with Crippen molar-refractivity contribution in [2.75, 3.05) is 23.3 Å². The van der Waals surface area contributed by atoms with Crippen molar-refractivity contribution >= 4 is 40.4 Å². The maximum absolute atomic E-state index is 13.6. The maximum Gasteiger partial charge on any atom is 0.254 e. The van der Waals surface area contributed by atoms with Crippen LogP contribution < -0.4 is 10.2 Å². The molecule has 2 aliphatic rings. The van der Waals surface area contributed by atoms with Gasteiger partial charge in [-0.3, -0.25) is 14.4 Å². The molecule has 5 rings (SSSR count). The molecule has 0 aliphatic carbocycles. The lowest BCUT2D eigenvalue weighted by Crippen LogP contribution is -2.35. The van der Waals surface area contributed by atoms with Gasteiger partial charge in [0.05, 0.1) is 5.92 Å². The van der Waals surface area contributed by atoms with E-state index in [1.54, 1.807) is 36.5 Å². The lowest BCUT2D eigenvalue weighted by molar-refractivity contribution is -0.122. The summed E-state index contributed by atoms with van der Waals surface area (Å²) in [5.41, 5.74) is 2.92. The largest absolute Gasteiger partial charge is 0.334 e. The molecule has 3 heterocycles. The Hall–Kier alpha value is -3.59. The summed E-state index contributed by atoms with van der Waals surface area (Å²) in [5.74, 6) is -3.12. The number of hydrogen-bond donors (Lipinski definition) is 1. The number of thiophene rings is 1. The van der Waals surface area contributed by atoms with Gasteiger partial charge in [0, 0.05) is 53.9 Å². The Morgan fingerprint density at radius 1 is 1.11 bits per heavy atom. The number of carbonyl (C=O) groups is 3. The van der Waals surface area contributed by atoms with E-state index in [9.17, 15) is 23.2 Å². The summed E-state index contributed by atoms with van der Waals surface area (Å²) in [5, 5.41) is 4.88. The second kappa shape index (κ2) is 9.22. The van der Waals surface area contributed by atoms with E-state index >= 15 is 0 Å². The van der Waals surface area contributed by atoms with Crippen molar-refractivity contribution in [3.63, 3.8) is 0 Å². The second-order valence-electron chi connectivity index (χ2n) is 8.85. The van der Waals surface area contributed by atoms with Crippen molar-refractivity contribution in [3.05, 3.63) is 81.0 Å². The minimum Gasteiger partial charge on any atom is -0.334 e. The topological polar surface area (TPSA) is 69.7 Å². The van der Waals surface area contributed by atoms with Crippen LogP contribution in [0.1, 0.15) is 32.8 Å². The highest BCUT2D eigenvalue weighted by Gasteiger charge is 2.36. The molecule has 0 bridgehead atoms. The lowest BCUT2D eigenvalue weighted by atomic mass is 10.0. The van der Waals surface area contributed by atoms with Crippen molar-refractivity contribution in [1.82, 2.24) is 4.90 Å². The molecule has 3 aromatic rings. The van der Waals surface area contributed by atoms with Crippen LogP contribution in [0.15, 0.2) is 47.8 Å². The molecule has 1 fully saturated rings. The highest BCUT2D eigenvalue weighted by Crippen LogP contribution is 2.30. The molecule has 0 radical (unpaired) electrons. The molecule has 0 spiro atoms. The monoisotopic (exact) mass is 495 g/mol. The van der Waals surface area contributed by atoms with E-state index in [1.165, 1.54) is 15.3 Å². The zero-order valence-electron chi connectivity index (χ0n) is 19.0. The Labute approximate surface area is 205 Å². The van der Waals surface area contributed by atoms with Gasteiger partial charge >= 0.3 is 0 Å². The van der Waals surface area contributed by atoms with Crippen LogP contribution in [0.25, 0.3) is 0 Å². The average molecular weight is 496 g/mol. The number of carbonyl (C=O) groups excluding carboxylic acids is 3. The van der Waals surface area contributed by atoms with Gasteiger partial charge < -0.3 is 15.1 Å². The molecule has 0 saturated carbocycles. The first-order valence-electron chi connectivity index (χ1n) is 11.3. The van der Waals surface area contributed by atoms with Gasteiger partial charge in [-0.15, -0.1) is 11.3 Å². The molecule has 35 heavy (non-hydrogen) atoms. The molecule has 1 aromatic heterocycles. The van der Waals surface area contributed by atoms with Gasteiger partial charge in [-0.2, -0.15) is 0 Å². The number of nitrogens with zero attached hydrogens (tertiary/aromatic N) is 2. The fourth-order valence-corrected chi connectivity index (χ4v) is 5.55. The molecule has 1 atom stereocenters. The number of nitrogens with one attached hydrogen (secondary N) is 1. The Bertz CT molecular complexity index is 1320. The summed E-state index contributed by atoms with van der Waals surface area (Å²) in [6.45, 7) is 3.00. The van der Waals surface area contributed by atoms with Gasteiger partial charge in [-0.05, 0) is 60.2 Å². The van der Waals surface area contributed by atoms with Crippen molar-refractivity contribution in [1.29, 1.82) is 0 Å². The predicted octanol–water partition coefficient (Wildman–Crippen LogP) is 4.52. The highest BCUT2D eigenvalue weighted by molar-refractivity contribution is 7.10. The first-order valence-corrected chi connectivity index (χ1v) is 12.2. The van der Waals surface area contributed by atoms with Crippen molar-refractivity contribution in [2.24, 2.45) is 5.92 Å². The third kappa shape index (κ3) is 4.55.